The smallest absolute Gasteiger partial charge is 0.262 e. The highest BCUT2D eigenvalue weighted by molar-refractivity contribution is 7.89. The Morgan fingerprint density at radius 3 is 2.47 bits per heavy atom. The second-order valence-electron chi connectivity index (χ2n) is 2.64. The molecule has 0 fully saturated rings. The summed E-state index contributed by atoms with van der Waals surface area (Å²) in [5.41, 5.74) is 4.55. The molecular formula is C7H8N2O5S. The first-order valence-corrected chi connectivity index (χ1v) is 5.15. The van der Waals surface area contributed by atoms with Crippen molar-refractivity contribution >= 4 is 15.9 Å². The number of amides is 1. The van der Waals surface area contributed by atoms with Crippen LogP contribution in [0.5, 0.6) is 5.75 Å². The first-order chi connectivity index (χ1) is 6.88. The summed E-state index contributed by atoms with van der Waals surface area (Å²) in [5.74, 6) is -1.40. The van der Waals surface area contributed by atoms with Crippen LogP contribution in [0.1, 0.15) is 10.4 Å². The van der Waals surface area contributed by atoms with Crippen LogP contribution in [0, 0.1) is 0 Å². The quantitative estimate of drug-likeness (QED) is 0.505. The fraction of sp³-hybridized carbons (Fsp3) is 0. The molecule has 0 bridgehead atoms. The van der Waals surface area contributed by atoms with Gasteiger partial charge in [-0.05, 0) is 18.2 Å². The van der Waals surface area contributed by atoms with Gasteiger partial charge in [-0.1, -0.05) is 4.89 Å². The second kappa shape index (κ2) is 3.85. The van der Waals surface area contributed by atoms with Crippen molar-refractivity contribution < 1.29 is 23.5 Å². The van der Waals surface area contributed by atoms with Crippen molar-refractivity contribution in [1.82, 2.24) is 4.89 Å². The van der Waals surface area contributed by atoms with Crippen LogP contribution < -0.4 is 10.6 Å². The number of aromatic hydroxyl groups is 1. The topological polar surface area (TPSA) is 130 Å². The van der Waals surface area contributed by atoms with E-state index in [9.17, 15) is 13.2 Å². The van der Waals surface area contributed by atoms with Crippen LogP contribution in [-0.2, 0) is 10.0 Å². The lowest BCUT2D eigenvalue weighted by molar-refractivity contribution is 0.0997. The summed E-state index contributed by atoms with van der Waals surface area (Å²) < 4.78 is 22.2. The molecule has 0 radical (unpaired) electrons. The number of rotatable bonds is 3. The number of phenols is 1. The molecular weight excluding hydrogens is 224 g/mol. The lowest BCUT2D eigenvalue weighted by Crippen LogP contribution is -2.20. The number of benzene rings is 1. The third-order valence-corrected chi connectivity index (χ3v) is 2.78. The van der Waals surface area contributed by atoms with E-state index < -0.39 is 21.7 Å². The average Bonchev–Trinajstić information content (AvgIpc) is 2.17. The Balaban J connectivity index is 3.38. The summed E-state index contributed by atoms with van der Waals surface area (Å²) in [5, 5.41) is 17.5. The highest BCUT2D eigenvalue weighted by atomic mass is 32.2. The van der Waals surface area contributed by atoms with Gasteiger partial charge in [-0.15, -0.1) is 0 Å². The van der Waals surface area contributed by atoms with Gasteiger partial charge in [0.2, 0.25) is 0 Å². The van der Waals surface area contributed by atoms with Crippen LogP contribution >= 0.6 is 0 Å². The molecule has 0 aliphatic heterocycles. The van der Waals surface area contributed by atoms with Crippen molar-refractivity contribution in [2.75, 3.05) is 0 Å². The number of carbonyl (C=O) groups is 1. The fourth-order valence-electron chi connectivity index (χ4n) is 0.932. The zero-order valence-electron chi connectivity index (χ0n) is 7.34. The van der Waals surface area contributed by atoms with E-state index in [0.29, 0.717) is 0 Å². The maximum atomic E-state index is 11.1. The molecule has 0 atom stereocenters. The summed E-state index contributed by atoms with van der Waals surface area (Å²) >= 11 is 0. The molecule has 5 N–H and O–H groups in total. The van der Waals surface area contributed by atoms with Gasteiger partial charge < -0.3 is 16.0 Å². The van der Waals surface area contributed by atoms with Gasteiger partial charge >= 0.3 is 0 Å². The zero-order chi connectivity index (χ0) is 11.6. The molecule has 0 spiro atoms. The number of sulfonamides is 1. The Morgan fingerprint density at radius 2 is 2.00 bits per heavy atom. The summed E-state index contributed by atoms with van der Waals surface area (Å²) in [6, 6.07) is 2.86. The molecule has 7 nitrogen and oxygen atoms in total. The normalized spacial score (nSPS) is 11.3. The van der Waals surface area contributed by atoms with Gasteiger partial charge in [-0.2, -0.15) is 0 Å². The van der Waals surface area contributed by atoms with Crippen LogP contribution in [-0.4, -0.2) is 24.6 Å². The molecule has 1 rings (SSSR count). The number of primary amides is 1. The third-order valence-electron chi connectivity index (χ3n) is 1.66. The molecule has 0 saturated heterocycles. The summed E-state index contributed by atoms with van der Waals surface area (Å²) in [6.07, 6.45) is 0. The predicted molar refractivity (Wildman–Crippen MR) is 48.7 cm³/mol. The van der Waals surface area contributed by atoms with Gasteiger partial charge in [0.25, 0.3) is 15.9 Å². The zero-order valence-corrected chi connectivity index (χ0v) is 8.15. The van der Waals surface area contributed by atoms with Crippen LogP contribution in [0.4, 0.5) is 0 Å². The monoisotopic (exact) mass is 232 g/mol. The highest BCUT2D eigenvalue weighted by Gasteiger charge is 2.16. The Labute approximate surface area is 85.2 Å². The highest BCUT2D eigenvalue weighted by Crippen LogP contribution is 2.20. The Morgan fingerprint density at radius 1 is 1.40 bits per heavy atom. The molecule has 15 heavy (non-hydrogen) atoms. The van der Waals surface area contributed by atoms with E-state index in [1.165, 1.54) is 0 Å². The molecule has 82 valence electrons. The molecule has 0 saturated carbocycles. The van der Waals surface area contributed by atoms with Crippen molar-refractivity contribution in [2.45, 2.75) is 4.90 Å². The Kier molecular flexibility index (Phi) is 2.93. The number of hydrogen-bond acceptors (Lipinski definition) is 5. The molecule has 0 unspecified atom stereocenters. The summed E-state index contributed by atoms with van der Waals surface area (Å²) in [4.78, 5) is 11.5. The molecule has 8 heteroatoms. The average molecular weight is 232 g/mol. The van der Waals surface area contributed by atoms with Crippen molar-refractivity contribution in [3.05, 3.63) is 23.8 Å². The molecule has 1 aromatic rings. The Hall–Kier alpha value is -1.64. The standard InChI is InChI=1S/C7H8N2O5S/c8-7(11)5-3-4(1-2-6(5)10)15(13,14)9-12/h1-3,9-10,12H,(H2,8,11). The first kappa shape index (κ1) is 11.4. The number of carbonyl (C=O) groups excluding carboxylic acids is 1. The van der Waals surface area contributed by atoms with Crippen molar-refractivity contribution in [3.63, 3.8) is 0 Å². The predicted octanol–water partition coefficient (Wildman–Crippen LogP) is -0.841. The molecule has 1 aromatic carbocycles. The minimum Gasteiger partial charge on any atom is -0.507 e. The fourth-order valence-corrected chi connectivity index (χ4v) is 1.56. The maximum Gasteiger partial charge on any atom is 0.262 e. The van der Waals surface area contributed by atoms with Crippen molar-refractivity contribution in [3.8, 4) is 5.75 Å². The lowest BCUT2D eigenvalue weighted by Gasteiger charge is -2.04. The minimum absolute atomic E-state index is 0.341. The van der Waals surface area contributed by atoms with E-state index in [1.54, 1.807) is 0 Å². The van der Waals surface area contributed by atoms with E-state index in [-0.39, 0.29) is 10.5 Å². The molecule has 0 aliphatic carbocycles. The van der Waals surface area contributed by atoms with Gasteiger partial charge in [-0.3, -0.25) is 4.79 Å². The van der Waals surface area contributed by atoms with E-state index in [2.05, 4.69) is 0 Å². The molecule has 0 heterocycles. The van der Waals surface area contributed by atoms with Gasteiger partial charge in [0, 0.05) is 0 Å². The van der Waals surface area contributed by atoms with E-state index in [4.69, 9.17) is 16.0 Å². The first-order valence-electron chi connectivity index (χ1n) is 3.67. The van der Waals surface area contributed by atoms with Crippen molar-refractivity contribution in [1.29, 1.82) is 0 Å². The van der Waals surface area contributed by atoms with Gasteiger partial charge in [-0.25, -0.2) is 8.42 Å². The number of nitrogens with one attached hydrogen (secondary N) is 1. The van der Waals surface area contributed by atoms with E-state index >= 15 is 0 Å². The van der Waals surface area contributed by atoms with Crippen LogP contribution in [0.25, 0.3) is 0 Å². The van der Waals surface area contributed by atoms with Crippen molar-refractivity contribution in [2.24, 2.45) is 5.73 Å². The van der Waals surface area contributed by atoms with Crippen LogP contribution in [0.3, 0.4) is 0 Å². The third kappa shape index (κ3) is 2.24. The Bertz CT molecular complexity index is 496. The maximum absolute atomic E-state index is 11.1. The molecule has 0 aliphatic rings. The lowest BCUT2D eigenvalue weighted by atomic mass is 10.2. The van der Waals surface area contributed by atoms with E-state index in [0.717, 1.165) is 23.1 Å². The number of hydrogen-bond donors (Lipinski definition) is 4. The summed E-state index contributed by atoms with van der Waals surface area (Å²) in [6.45, 7) is 0. The molecule has 1 amide bonds. The second-order valence-corrected chi connectivity index (χ2v) is 4.30. The van der Waals surface area contributed by atoms with Gasteiger partial charge in [0.15, 0.2) is 0 Å². The van der Waals surface area contributed by atoms with Crippen LogP contribution in [0.2, 0.25) is 0 Å². The SMILES string of the molecule is NC(=O)c1cc(S(=O)(=O)NO)ccc1O. The van der Waals surface area contributed by atoms with Crippen LogP contribution in [0.15, 0.2) is 23.1 Å². The van der Waals surface area contributed by atoms with Gasteiger partial charge in [0.05, 0.1) is 10.5 Å². The van der Waals surface area contributed by atoms with Gasteiger partial charge in [0.1, 0.15) is 5.75 Å². The summed E-state index contributed by atoms with van der Waals surface area (Å²) in [7, 11) is -4.08. The molecule has 0 aromatic heterocycles. The minimum atomic E-state index is -4.08. The van der Waals surface area contributed by atoms with E-state index in [1.807, 2.05) is 0 Å². The largest absolute Gasteiger partial charge is 0.507 e. The number of nitrogens with two attached hydrogens (primary N) is 1.